The molecular formula is C12H19ClN2O2. The van der Waals surface area contributed by atoms with E-state index in [0.717, 1.165) is 16.9 Å². The lowest BCUT2D eigenvalue weighted by molar-refractivity contribution is 0.262. The largest absolute Gasteiger partial charge is 0.496 e. The molecule has 0 fully saturated rings. The second-order valence-electron chi connectivity index (χ2n) is 3.99. The molecule has 1 unspecified atom stereocenters. The third-order valence-electron chi connectivity index (χ3n) is 2.52. The number of ether oxygens (including phenoxy) is 1. The normalized spacial score (nSPS) is 12.5. The molecule has 0 aliphatic heterocycles. The number of nitrogens with one attached hydrogen (secondary N) is 1. The van der Waals surface area contributed by atoms with Gasteiger partial charge < -0.3 is 20.9 Å². The zero-order valence-corrected chi connectivity index (χ0v) is 10.9. The first-order valence-corrected chi connectivity index (χ1v) is 5.86. The minimum Gasteiger partial charge on any atom is -0.496 e. The zero-order chi connectivity index (χ0) is 12.8. The standard InChI is InChI=1S/C12H19ClN2O2/c1-8-3-12(17-2)9(4-11(8)13)5-15-6-10(14)7-16/h3-4,10,15-16H,5-7,14H2,1-2H3. The van der Waals surface area contributed by atoms with E-state index < -0.39 is 0 Å². The van der Waals surface area contributed by atoms with Crippen molar-refractivity contribution in [3.63, 3.8) is 0 Å². The molecular weight excluding hydrogens is 240 g/mol. The van der Waals surface area contributed by atoms with Crippen LogP contribution in [0.2, 0.25) is 5.02 Å². The number of hydrogen-bond acceptors (Lipinski definition) is 4. The number of halogens is 1. The first-order chi connectivity index (χ1) is 8.08. The summed E-state index contributed by atoms with van der Waals surface area (Å²) in [6.45, 7) is 3.06. The number of aliphatic hydroxyl groups excluding tert-OH is 1. The first kappa shape index (κ1) is 14.3. The number of aliphatic hydroxyl groups is 1. The Labute approximate surface area is 107 Å². The molecule has 0 aliphatic rings. The molecule has 0 saturated heterocycles. The third kappa shape index (κ3) is 4.16. The summed E-state index contributed by atoms with van der Waals surface area (Å²) in [6, 6.07) is 3.54. The van der Waals surface area contributed by atoms with Crippen LogP contribution in [0.5, 0.6) is 5.75 Å². The zero-order valence-electron chi connectivity index (χ0n) is 10.2. The van der Waals surface area contributed by atoms with Crippen LogP contribution in [0.15, 0.2) is 12.1 Å². The van der Waals surface area contributed by atoms with Gasteiger partial charge in [-0.15, -0.1) is 0 Å². The van der Waals surface area contributed by atoms with Gasteiger partial charge in [-0.05, 0) is 24.6 Å². The summed E-state index contributed by atoms with van der Waals surface area (Å²) in [7, 11) is 1.63. The Bertz CT molecular complexity index is 372. The van der Waals surface area contributed by atoms with E-state index in [0.29, 0.717) is 18.1 Å². The number of benzene rings is 1. The fourth-order valence-electron chi connectivity index (χ4n) is 1.48. The van der Waals surface area contributed by atoms with Crippen LogP contribution >= 0.6 is 11.6 Å². The van der Waals surface area contributed by atoms with E-state index in [1.807, 2.05) is 19.1 Å². The van der Waals surface area contributed by atoms with E-state index in [4.69, 9.17) is 27.2 Å². The van der Waals surface area contributed by atoms with Gasteiger partial charge in [0.15, 0.2) is 0 Å². The fraction of sp³-hybridized carbons (Fsp3) is 0.500. The van der Waals surface area contributed by atoms with Gasteiger partial charge in [-0.25, -0.2) is 0 Å². The highest BCUT2D eigenvalue weighted by molar-refractivity contribution is 6.31. The summed E-state index contributed by atoms with van der Waals surface area (Å²) in [5.41, 5.74) is 7.56. The molecule has 0 radical (unpaired) electrons. The molecule has 1 aromatic rings. The average molecular weight is 259 g/mol. The van der Waals surface area contributed by atoms with Crippen LogP contribution in [-0.2, 0) is 6.54 Å². The van der Waals surface area contributed by atoms with E-state index in [1.165, 1.54) is 0 Å². The fourth-order valence-corrected chi connectivity index (χ4v) is 1.67. The molecule has 4 nitrogen and oxygen atoms in total. The summed E-state index contributed by atoms with van der Waals surface area (Å²) in [4.78, 5) is 0. The summed E-state index contributed by atoms with van der Waals surface area (Å²) in [5, 5.41) is 12.7. The Morgan fingerprint density at radius 3 is 2.82 bits per heavy atom. The van der Waals surface area contributed by atoms with Gasteiger partial charge in [-0.3, -0.25) is 0 Å². The molecule has 5 heteroatoms. The number of nitrogens with two attached hydrogens (primary N) is 1. The van der Waals surface area contributed by atoms with Gasteiger partial charge in [0, 0.05) is 29.7 Å². The van der Waals surface area contributed by atoms with Crippen LogP contribution in [0.3, 0.4) is 0 Å². The molecule has 1 aromatic carbocycles. The highest BCUT2D eigenvalue weighted by Gasteiger charge is 2.07. The van der Waals surface area contributed by atoms with Crippen LogP contribution in [0.1, 0.15) is 11.1 Å². The van der Waals surface area contributed by atoms with E-state index >= 15 is 0 Å². The van der Waals surface area contributed by atoms with Crippen molar-refractivity contribution >= 4 is 11.6 Å². The predicted molar refractivity (Wildman–Crippen MR) is 69.5 cm³/mol. The summed E-state index contributed by atoms with van der Waals surface area (Å²) < 4.78 is 5.29. The molecule has 1 atom stereocenters. The highest BCUT2D eigenvalue weighted by atomic mass is 35.5. The Morgan fingerprint density at radius 2 is 2.24 bits per heavy atom. The average Bonchev–Trinajstić information content (AvgIpc) is 2.32. The van der Waals surface area contributed by atoms with E-state index in [2.05, 4.69) is 5.32 Å². The van der Waals surface area contributed by atoms with Crippen molar-refractivity contribution in [2.45, 2.75) is 19.5 Å². The Balaban J connectivity index is 2.66. The van der Waals surface area contributed by atoms with Crippen molar-refractivity contribution in [1.29, 1.82) is 0 Å². The highest BCUT2D eigenvalue weighted by Crippen LogP contribution is 2.26. The maximum Gasteiger partial charge on any atom is 0.123 e. The number of hydrogen-bond donors (Lipinski definition) is 3. The molecule has 17 heavy (non-hydrogen) atoms. The molecule has 4 N–H and O–H groups in total. The maximum absolute atomic E-state index is 8.80. The van der Waals surface area contributed by atoms with Crippen LogP contribution in [0.25, 0.3) is 0 Å². The van der Waals surface area contributed by atoms with Crippen LogP contribution in [-0.4, -0.2) is 31.4 Å². The second kappa shape index (κ2) is 6.81. The molecule has 0 saturated carbocycles. The number of rotatable bonds is 6. The third-order valence-corrected chi connectivity index (χ3v) is 2.93. The van der Waals surface area contributed by atoms with Gasteiger partial charge >= 0.3 is 0 Å². The summed E-state index contributed by atoms with van der Waals surface area (Å²) in [6.07, 6.45) is 0. The predicted octanol–water partition coefficient (Wildman–Crippen LogP) is 1.07. The van der Waals surface area contributed by atoms with Crippen molar-refractivity contribution in [2.75, 3.05) is 20.3 Å². The van der Waals surface area contributed by atoms with Gasteiger partial charge in [0.2, 0.25) is 0 Å². The van der Waals surface area contributed by atoms with Crippen molar-refractivity contribution in [1.82, 2.24) is 5.32 Å². The molecule has 0 aliphatic carbocycles. The first-order valence-electron chi connectivity index (χ1n) is 5.48. The SMILES string of the molecule is COc1cc(C)c(Cl)cc1CNCC(N)CO. The minimum absolute atomic E-state index is 0.0290. The van der Waals surface area contributed by atoms with Crippen molar-refractivity contribution in [3.8, 4) is 5.75 Å². The Hall–Kier alpha value is -0.810. The van der Waals surface area contributed by atoms with E-state index in [1.54, 1.807) is 7.11 Å². The van der Waals surface area contributed by atoms with Gasteiger partial charge in [0.1, 0.15) is 5.75 Å². The van der Waals surface area contributed by atoms with Crippen LogP contribution in [0.4, 0.5) is 0 Å². The lowest BCUT2D eigenvalue weighted by atomic mass is 10.1. The quantitative estimate of drug-likeness (QED) is 0.714. The topological polar surface area (TPSA) is 67.5 Å². The Kier molecular flexibility index (Phi) is 5.71. The van der Waals surface area contributed by atoms with Crippen molar-refractivity contribution in [2.24, 2.45) is 5.73 Å². The van der Waals surface area contributed by atoms with Crippen LogP contribution in [0, 0.1) is 6.92 Å². The number of aryl methyl sites for hydroxylation is 1. The second-order valence-corrected chi connectivity index (χ2v) is 4.39. The molecule has 0 amide bonds. The summed E-state index contributed by atoms with van der Waals surface area (Å²) >= 11 is 6.06. The molecule has 0 heterocycles. The van der Waals surface area contributed by atoms with Crippen molar-refractivity contribution < 1.29 is 9.84 Å². The van der Waals surface area contributed by atoms with Gasteiger partial charge in [-0.2, -0.15) is 0 Å². The Morgan fingerprint density at radius 1 is 1.53 bits per heavy atom. The molecule has 0 aromatic heterocycles. The molecule has 96 valence electrons. The van der Waals surface area contributed by atoms with Gasteiger partial charge in [0.05, 0.1) is 13.7 Å². The molecule has 0 spiro atoms. The molecule has 1 rings (SSSR count). The van der Waals surface area contributed by atoms with E-state index in [9.17, 15) is 0 Å². The van der Waals surface area contributed by atoms with Gasteiger partial charge in [0.25, 0.3) is 0 Å². The number of methoxy groups -OCH3 is 1. The minimum atomic E-state index is -0.248. The lowest BCUT2D eigenvalue weighted by Gasteiger charge is -2.13. The smallest absolute Gasteiger partial charge is 0.123 e. The van der Waals surface area contributed by atoms with Crippen molar-refractivity contribution in [3.05, 3.63) is 28.3 Å². The monoisotopic (exact) mass is 258 g/mol. The van der Waals surface area contributed by atoms with Crippen LogP contribution < -0.4 is 15.8 Å². The van der Waals surface area contributed by atoms with E-state index in [-0.39, 0.29) is 12.6 Å². The maximum atomic E-state index is 8.80. The van der Waals surface area contributed by atoms with Gasteiger partial charge in [-0.1, -0.05) is 11.6 Å². The molecule has 0 bridgehead atoms. The lowest BCUT2D eigenvalue weighted by Crippen LogP contribution is -2.36. The summed E-state index contributed by atoms with van der Waals surface area (Å²) in [5.74, 6) is 0.803.